The fraction of sp³-hybridized carbons (Fsp3) is 0.714. The Labute approximate surface area is 71.3 Å². The quantitative estimate of drug-likeness (QED) is 0.507. The van der Waals surface area contributed by atoms with E-state index in [2.05, 4.69) is 5.32 Å². The van der Waals surface area contributed by atoms with E-state index in [1.54, 1.807) is 0 Å². The number of rotatable bonds is 6. The van der Waals surface area contributed by atoms with Crippen LogP contribution in [0.2, 0.25) is 0 Å². The van der Waals surface area contributed by atoms with Crippen molar-refractivity contribution in [1.29, 1.82) is 0 Å². The number of nitrogens with two attached hydrogens (primary N) is 1. The van der Waals surface area contributed by atoms with Crippen LogP contribution in [0.25, 0.3) is 0 Å². The maximum absolute atomic E-state index is 10.8. The van der Waals surface area contributed by atoms with Gasteiger partial charge in [0.1, 0.15) is 0 Å². The highest BCUT2D eigenvalue weighted by molar-refractivity contribution is 5.83. The fourth-order valence-electron chi connectivity index (χ4n) is 0.583. The molecular formula is C7H14N2O3. The Kier molecular flexibility index (Phi) is 6.00. The Hall–Kier alpha value is -1.10. The molecule has 0 rings (SSSR count). The molecule has 0 aliphatic carbocycles. The van der Waals surface area contributed by atoms with Gasteiger partial charge in [-0.05, 0) is 6.92 Å². The van der Waals surface area contributed by atoms with Crippen LogP contribution in [0.5, 0.6) is 0 Å². The lowest BCUT2D eigenvalue weighted by Gasteiger charge is -2.01. The summed E-state index contributed by atoms with van der Waals surface area (Å²) in [4.78, 5) is 21.0. The standard InChI is InChI=1S/C7H14N2O3/c1-2-12-4-3-7(11)9-5-6(8)10/h2-5H2,1H3,(H2,8,10)(H,9,11). The Bertz CT molecular complexity index is 159. The number of primary amides is 1. The summed E-state index contributed by atoms with van der Waals surface area (Å²) in [6.07, 6.45) is 0.265. The van der Waals surface area contributed by atoms with Gasteiger partial charge < -0.3 is 15.8 Å². The minimum Gasteiger partial charge on any atom is -0.381 e. The second-order valence-electron chi connectivity index (χ2n) is 2.19. The zero-order chi connectivity index (χ0) is 9.40. The van der Waals surface area contributed by atoms with Gasteiger partial charge in [0, 0.05) is 13.0 Å². The number of hydrogen-bond acceptors (Lipinski definition) is 3. The molecule has 0 bridgehead atoms. The molecule has 0 atom stereocenters. The number of nitrogens with one attached hydrogen (secondary N) is 1. The smallest absolute Gasteiger partial charge is 0.236 e. The van der Waals surface area contributed by atoms with Crippen LogP contribution in [0.3, 0.4) is 0 Å². The average Bonchev–Trinajstić information content (AvgIpc) is 2.01. The van der Waals surface area contributed by atoms with Crippen LogP contribution < -0.4 is 11.1 Å². The molecule has 0 heterocycles. The first-order valence-corrected chi connectivity index (χ1v) is 3.79. The summed E-state index contributed by atoms with van der Waals surface area (Å²) in [7, 11) is 0. The van der Waals surface area contributed by atoms with E-state index in [-0.39, 0.29) is 18.9 Å². The van der Waals surface area contributed by atoms with Gasteiger partial charge in [0.05, 0.1) is 13.2 Å². The average molecular weight is 174 g/mol. The maximum atomic E-state index is 10.8. The number of amides is 2. The van der Waals surface area contributed by atoms with Gasteiger partial charge in [-0.25, -0.2) is 0 Å². The van der Waals surface area contributed by atoms with Gasteiger partial charge in [-0.1, -0.05) is 0 Å². The second-order valence-corrected chi connectivity index (χ2v) is 2.19. The van der Waals surface area contributed by atoms with Crippen LogP contribution in [0.15, 0.2) is 0 Å². The molecule has 0 aromatic heterocycles. The van der Waals surface area contributed by atoms with Gasteiger partial charge in [-0.3, -0.25) is 9.59 Å². The largest absolute Gasteiger partial charge is 0.381 e. The highest BCUT2D eigenvalue weighted by atomic mass is 16.5. The third-order valence-electron chi connectivity index (χ3n) is 1.14. The van der Waals surface area contributed by atoms with Crippen LogP contribution in [-0.2, 0) is 14.3 Å². The van der Waals surface area contributed by atoms with E-state index in [0.717, 1.165) is 0 Å². The normalized spacial score (nSPS) is 9.42. The molecule has 0 saturated carbocycles. The van der Waals surface area contributed by atoms with Gasteiger partial charge >= 0.3 is 0 Å². The number of carbonyl (C=O) groups is 2. The Balaban J connectivity index is 3.28. The summed E-state index contributed by atoms with van der Waals surface area (Å²) in [6.45, 7) is 2.70. The molecule has 0 unspecified atom stereocenters. The molecule has 0 saturated heterocycles. The van der Waals surface area contributed by atoms with Crippen LogP contribution in [0.4, 0.5) is 0 Å². The molecule has 2 amide bonds. The maximum Gasteiger partial charge on any atom is 0.236 e. The molecule has 3 N–H and O–H groups in total. The van der Waals surface area contributed by atoms with Gasteiger partial charge in [-0.2, -0.15) is 0 Å². The summed E-state index contributed by atoms with van der Waals surface area (Å²) >= 11 is 0. The van der Waals surface area contributed by atoms with E-state index in [1.165, 1.54) is 0 Å². The lowest BCUT2D eigenvalue weighted by Crippen LogP contribution is -2.33. The van der Waals surface area contributed by atoms with Crippen LogP contribution in [-0.4, -0.2) is 31.6 Å². The van der Waals surface area contributed by atoms with Crippen molar-refractivity contribution in [2.45, 2.75) is 13.3 Å². The Morgan fingerprint density at radius 3 is 2.67 bits per heavy atom. The molecule has 0 aliphatic heterocycles. The minimum atomic E-state index is -0.542. The van der Waals surface area contributed by atoms with E-state index < -0.39 is 5.91 Å². The second kappa shape index (κ2) is 6.60. The lowest BCUT2D eigenvalue weighted by atomic mass is 10.4. The number of ether oxygens (including phenoxy) is 1. The van der Waals surface area contributed by atoms with Crippen LogP contribution >= 0.6 is 0 Å². The zero-order valence-corrected chi connectivity index (χ0v) is 7.13. The van der Waals surface area contributed by atoms with Gasteiger partial charge in [0.15, 0.2) is 0 Å². The van der Waals surface area contributed by atoms with Crippen molar-refractivity contribution in [3.63, 3.8) is 0 Å². The molecule has 5 nitrogen and oxygen atoms in total. The monoisotopic (exact) mass is 174 g/mol. The van der Waals surface area contributed by atoms with Crippen molar-refractivity contribution in [2.24, 2.45) is 5.73 Å². The number of carbonyl (C=O) groups excluding carboxylic acids is 2. The van der Waals surface area contributed by atoms with Gasteiger partial charge in [0.25, 0.3) is 0 Å². The topological polar surface area (TPSA) is 81.4 Å². The molecule has 12 heavy (non-hydrogen) atoms. The molecule has 0 spiro atoms. The third-order valence-corrected chi connectivity index (χ3v) is 1.14. The molecule has 0 aromatic carbocycles. The van der Waals surface area contributed by atoms with Crippen molar-refractivity contribution in [2.75, 3.05) is 19.8 Å². The molecule has 0 fully saturated rings. The fourth-order valence-corrected chi connectivity index (χ4v) is 0.583. The van der Waals surface area contributed by atoms with E-state index in [1.807, 2.05) is 6.92 Å². The van der Waals surface area contributed by atoms with Crippen LogP contribution in [0, 0.1) is 0 Å². The van der Waals surface area contributed by atoms with E-state index >= 15 is 0 Å². The summed E-state index contributed by atoms with van der Waals surface area (Å²) in [6, 6.07) is 0. The Morgan fingerprint density at radius 2 is 2.17 bits per heavy atom. The minimum absolute atomic E-state index is 0.106. The van der Waals surface area contributed by atoms with Crippen molar-refractivity contribution in [3.05, 3.63) is 0 Å². The highest BCUT2D eigenvalue weighted by Crippen LogP contribution is 1.81. The predicted molar refractivity (Wildman–Crippen MR) is 43.3 cm³/mol. The van der Waals surface area contributed by atoms with Crippen molar-refractivity contribution in [3.8, 4) is 0 Å². The van der Waals surface area contributed by atoms with E-state index in [4.69, 9.17) is 10.5 Å². The third kappa shape index (κ3) is 7.01. The van der Waals surface area contributed by atoms with Gasteiger partial charge in [0.2, 0.25) is 11.8 Å². The lowest BCUT2D eigenvalue weighted by molar-refractivity contribution is -0.125. The summed E-state index contributed by atoms with van der Waals surface area (Å²) < 4.78 is 4.93. The number of hydrogen-bond donors (Lipinski definition) is 2. The molecule has 0 aromatic rings. The summed E-state index contributed by atoms with van der Waals surface area (Å²) in [5, 5.41) is 2.35. The van der Waals surface area contributed by atoms with Crippen molar-refractivity contribution >= 4 is 11.8 Å². The SMILES string of the molecule is CCOCCC(=O)NCC(N)=O. The zero-order valence-electron chi connectivity index (χ0n) is 7.13. The molecule has 0 radical (unpaired) electrons. The highest BCUT2D eigenvalue weighted by Gasteiger charge is 2.01. The molecular weight excluding hydrogens is 160 g/mol. The first kappa shape index (κ1) is 10.9. The first-order chi connectivity index (χ1) is 5.66. The predicted octanol–water partition coefficient (Wildman–Crippen LogP) is -0.985. The first-order valence-electron chi connectivity index (χ1n) is 3.79. The van der Waals surface area contributed by atoms with Crippen molar-refractivity contribution in [1.82, 2.24) is 5.32 Å². The molecule has 0 aliphatic rings. The Morgan fingerprint density at radius 1 is 1.50 bits per heavy atom. The summed E-state index contributed by atoms with van der Waals surface area (Å²) in [5.74, 6) is -0.762. The van der Waals surface area contributed by atoms with E-state index in [9.17, 15) is 9.59 Å². The van der Waals surface area contributed by atoms with Gasteiger partial charge in [-0.15, -0.1) is 0 Å². The van der Waals surface area contributed by atoms with Crippen molar-refractivity contribution < 1.29 is 14.3 Å². The molecule has 70 valence electrons. The van der Waals surface area contributed by atoms with Crippen LogP contribution in [0.1, 0.15) is 13.3 Å². The molecule has 5 heteroatoms. The van der Waals surface area contributed by atoms with E-state index in [0.29, 0.717) is 13.2 Å². The summed E-state index contributed by atoms with van der Waals surface area (Å²) in [5.41, 5.74) is 4.81.